The van der Waals surface area contributed by atoms with Crippen LogP contribution in [-0.4, -0.2) is 10.7 Å². The van der Waals surface area contributed by atoms with Gasteiger partial charge in [-0.3, -0.25) is 0 Å². The quantitative estimate of drug-likeness (QED) is 0.810. The highest BCUT2D eigenvalue weighted by molar-refractivity contribution is 9.10. The molecule has 0 amide bonds. The third kappa shape index (κ3) is 2.65. The number of aromatic nitrogens is 1. The molecule has 0 unspecified atom stereocenters. The molecular formula is C11H7BrN2OS. The molecule has 5 heteroatoms. The maximum Gasteiger partial charge on any atom is 0.257 e. The Morgan fingerprint density at radius 2 is 2.12 bits per heavy atom. The average Bonchev–Trinajstić information content (AvgIpc) is 2.76. The molecule has 0 saturated heterocycles. The Balaban J connectivity index is 2.18. The smallest absolute Gasteiger partial charge is 0.257 e. The molecular weight excluding hydrogens is 288 g/mol. The van der Waals surface area contributed by atoms with E-state index in [1.54, 1.807) is 6.20 Å². The molecule has 2 rings (SSSR count). The zero-order chi connectivity index (χ0) is 11.4. The highest BCUT2D eigenvalue weighted by atomic mass is 79.9. The van der Waals surface area contributed by atoms with Crippen molar-refractivity contribution in [1.82, 2.24) is 4.98 Å². The van der Waals surface area contributed by atoms with Crippen molar-refractivity contribution in [3.05, 3.63) is 34.9 Å². The molecule has 80 valence electrons. The minimum absolute atomic E-state index is 0.348. The van der Waals surface area contributed by atoms with Gasteiger partial charge in [0, 0.05) is 10.0 Å². The molecule has 1 heterocycles. The summed E-state index contributed by atoms with van der Waals surface area (Å²) < 4.78 is 6.52. The average molecular weight is 295 g/mol. The number of benzene rings is 1. The van der Waals surface area contributed by atoms with Crippen molar-refractivity contribution in [1.29, 1.82) is 5.26 Å². The van der Waals surface area contributed by atoms with Crippen molar-refractivity contribution in [2.45, 2.75) is 5.22 Å². The fourth-order valence-corrected chi connectivity index (χ4v) is 1.89. The predicted molar refractivity (Wildman–Crippen MR) is 66.0 cm³/mol. The van der Waals surface area contributed by atoms with Crippen LogP contribution in [0.5, 0.6) is 0 Å². The fourth-order valence-electron chi connectivity index (χ4n) is 1.17. The molecule has 0 aliphatic carbocycles. The molecule has 1 aromatic heterocycles. The number of rotatable bonds is 3. The van der Waals surface area contributed by atoms with E-state index in [2.05, 4.69) is 20.9 Å². The molecule has 0 atom stereocenters. The molecule has 0 N–H and O–H groups in total. The van der Waals surface area contributed by atoms with Gasteiger partial charge in [-0.25, -0.2) is 4.98 Å². The van der Waals surface area contributed by atoms with E-state index in [9.17, 15) is 0 Å². The van der Waals surface area contributed by atoms with Gasteiger partial charge < -0.3 is 4.42 Å². The number of nitrogens with zero attached hydrogens (tertiary/aromatic N) is 2. The van der Waals surface area contributed by atoms with Gasteiger partial charge in [0.1, 0.15) is 0 Å². The normalized spacial score (nSPS) is 10.0. The molecule has 0 saturated carbocycles. The van der Waals surface area contributed by atoms with Crippen LogP contribution in [0.15, 0.2) is 44.6 Å². The molecule has 1 aromatic carbocycles. The van der Waals surface area contributed by atoms with Gasteiger partial charge in [0.2, 0.25) is 0 Å². The SMILES string of the molecule is N#CCSc1ncc(-c2ccc(Br)cc2)o1. The van der Waals surface area contributed by atoms with Crippen molar-refractivity contribution < 1.29 is 4.42 Å². The zero-order valence-corrected chi connectivity index (χ0v) is 10.6. The van der Waals surface area contributed by atoms with Crippen LogP contribution >= 0.6 is 27.7 Å². The third-order valence-electron chi connectivity index (χ3n) is 1.87. The first-order valence-corrected chi connectivity index (χ1v) is 6.29. The Bertz CT molecular complexity index is 516. The van der Waals surface area contributed by atoms with E-state index in [1.165, 1.54) is 11.8 Å². The minimum atomic E-state index is 0.348. The van der Waals surface area contributed by atoms with E-state index >= 15 is 0 Å². The summed E-state index contributed by atoms with van der Waals surface area (Å²) >= 11 is 4.66. The van der Waals surface area contributed by atoms with Crippen molar-refractivity contribution in [3.8, 4) is 17.4 Å². The fraction of sp³-hybridized carbons (Fsp3) is 0.0909. The maximum absolute atomic E-state index is 8.44. The standard InChI is InChI=1S/C11H7BrN2OS/c12-9-3-1-8(2-4-9)10-7-14-11(15-10)16-6-5-13/h1-4,7H,6H2. The van der Waals surface area contributed by atoms with Gasteiger partial charge in [0.05, 0.1) is 18.0 Å². The summed E-state index contributed by atoms with van der Waals surface area (Å²) in [6, 6.07) is 9.81. The van der Waals surface area contributed by atoms with Gasteiger partial charge in [-0.15, -0.1) is 0 Å². The largest absolute Gasteiger partial charge is 0.431 e. The number of nitriles is 1. The number of halogens is 1. The Kier molecular flexibility index (Phi) is 3.65. The first-order chi connectivity index (χ1) is 7.79. The maximum atomic E-state index is 8.44. The Morgan fingerprint density at radius 3 is 2.81 bits per heavy atom. The van der Waals surface area contributed by atoms with Crippen molar-refractivity contribution in [2.75, 3.05) is 5.75 Å². The van der Waals surface area contributed by atoms with E-state index in [0.29, 0.717) is 16.7 Å². The highest BCUT2D eigenvalue weighted by Crippen LogP contribution is 2.26. The van der Waals surface area contributed by atoms with Gasteiger partial charge in [-0.1, -0.05) is 39.8 Å². The van der Waals surface area contributed by atoms with Crippen LogP contribution in [0.2, 0.25) is 0 Å². The lowest BCUT2D eigenvalue weighted by atomic mass is 10.2. The zero-order valence-electron chi connectivity index (χ0n) is 8.18. The Hall–Kier alpha value is -1.25. The topological polar surface area (TPSA) is 49.8 Å². The van der Waals surface area contributed by atoms with E-state index in [1.807, 2.05) is 30.3 Å². The van der Waals surface area contributed by atoms with E-state index < -0.39 is 0 Å². The van der Waals surface area contributed by atoms with Crippen LogP contribution in [0.25, 0.3) is 11.3 Å². The minimum Gasteiger partial charge on any atom is -0.431 e. The summed E-state index contributed by atoms with van der Waals surface area (Å²) in [5, 5.41) is 8.96. The lowest BCUT2D eigenvalue weighted by molar-refractivity contribution is 0.466. The van der Waals surface area contributed by atoms with Crippen molar-refractivity contribution in [2.24, 2.45) is 0 Å². The Morgan fingerprint density at radius 1 is 1.38 bits per heavy atom. The molecule has 0 bridgehead atoms. The predicted octanol–water partition coefficient (Wildman–Crippen LogP) is 3.72. The van der Waals surface area contributed by atoms with Gasteiger partial charge >= 0.3 is 0 Å². The van der Waals surface area contributed by atoms with Crippen LogP contribution in [0.3, 0.4) is 0 Å². The van der Waals surface area contributed by atoms with Gasteiger partial charge in [0.15, 0.2) is 5.76 Å². The van der Waals surface area contributed by atoms with E-state index in [-0.39, 0.29) is 0 Å². The summed E-state index contributed by atoms with van der Waals surface area (Å²) in [6.45, 7) is 0. The molecule has 0 aliphatic rings. The third-order valence-corrected chi connectivity index (χ3v) is 3.11. The van der Waals surface area contributed by atoms with E-state index in [0.717, 1.165) is 10.0 Å². The number of thioether (sulfide) groups is 1. The van der Waals surface area contributed by atoms with Gasteiger partial charge in [-0.2, -0.15) is 5.26 Å². The van der Waals surface area contributed by atoms with Gasteiger partial charge in [-0.05, 0) is 12.1 Å². The number of oxazole rings is 1. The lowest BCUT2D eigenvalue weighted by Crippen LogP contribution is -1.72. The molecule has 0 fully saturated rings. The number of hydrogen-bond donors (Lipinski definition) is 0. The Labute approximate surface area is 106 Å². The monoisotopic (exact) mass is 294 g/mol. The second-order valence-corrected chi connectivity index (χ2v) is 4.79. The second-order valence-electron chi connectivity index (χ2n) is 2.94. The molecule has 2 aromatic rings. The summed E-state index contributed by atoms with van der Waals surface area (Å²) in [6.07, 6.45) is 1.67. The lowest BCUT2D eigenvalue weighted by Gasteiger charge is -1.95. The molecule has 0 aliphatic heterocycles. The highest BCUT2D eigenvalue weighted by Gasteiger charge is 2.06. The van der Waals surface area contributed by atoms with Crippen LogP contribution < -0.4 is 0 Å². The molecule has 0 spiro atoms. The second kappa shape index (κ2) is 5.19. The van der Waals surface area contributed by atoms with Crippen LogP contribution in [-0.2, 0) is 0 Å². The molecule has 0 radical (unpaired) electrons. The van der Waals surface area contributed by atoms with Crippen molar-refractivity contribution >= 4 is 27.7 Å². The van der Waals surface area contributed by atoms with E-state index in [4.69, 9.17) is 9.68 Å². The first kappa shape index (κ1) is 11.2. The van der Waals surface area contributed by atoms with Crippen LogP contribution in [0.1, 0.15) is 0 Å². The summed E-state index contributed by atoms with van der Waals surface area (Å²) in [7, 11) is 0. The van der Waals surface area contributed by atoms with Gasteiger partial charge in [0.25, 0.3) is 5.22 Å². The number of hydrogen-bond acceptors (Lipinski definition) is 4. The summed E-state index contributed by atoms with van der Waals surface area (Å²) in [5.41, 5.74) is 0.972. The molecule has 16 heavy (non-hydrogen) atoms. The summed E-state index contributed by atoms with van der Waals surface area (Å²) in [4.78, 5) is 4.09. The van der Waals surface area contributed by atoms with Crippen molar-refractivity contribution in [3.63, 3.8) is 0 Å². The van der Waals surface area contributed by atoms with Crippen LogP contribution in [0.4, 0.5) is 0 Å². The molecule has 3 nitrogen and oxygen atoms in total. The van der Waals surface area contributed by atoms with Crippen LogP contribution in [0, 0.1) is 11.3 Å². The first-order valence-electron chi connectivity index (χ1n) is 4.51. The summed E-state index contributed by atoms with van der Waals surface area (Å²) in [5.74, 6) is 1.06.